The first kappa shape index (κ1) is 14.3. The van der Waals surface area contributed by atoms with Crippen LogP contribution in [-0.4, -0.2) is 11.3 Å². The molecule has 0 atom stereocenters. The molecule has 0 amide bonds. The number of phenols is 1. The summed E-state index contributed by atoms with van der Waals surface area (Å²) in [6.45, 7) is 0. The summed E-state index contributed by atoms with van der Waals surface area (Å²) in [4.78, 5) is 4.62. The zero-order chi connectivity index (χ0) is 16.5. The number of rotatable bonds is 2. The number of benzene rings is 4. The summed E-state index contributed by atoms with van der Waals surface area (Å²) in [5.41, 5.74) is 8.32. The highest BCUT2D eigenvalue weighted by Gasteiger charge is 2.06. The van der Waals surface area contributed by atoms with E-state index < -0.39 is 0 Å². The Bertz CT molecular complexity index is 1080. The number of aliphatic imine (C=N–C) groups is 1. The topological polar surface area (TPSA) is 58.6 Å². The summed E-state index contributed by atoms with van der Waals surface area (Å²) in [5, 5.41) is 14.2. The van der Waals surface area contributed by atoms with E-state index in [2.05, 4.69) is 4.99 Å². The van der Waals surface area contributed by atoms with Gasteiger partial charge < -0.3 is 10.8 Å². The third-order valence-corrected chi connectivity index (χ3v) is 4.22. The van der Waals surface area contributed by atoms with Crippen molar-refractivity contribution in [3.05, 3.63) is 78.4 Å². The maximum atomic E-state index is 10.2. The lowest BCUT2D eigenvalue weighted by Crippen LogP contribution is -1.88. The fraction of sp³-hybridized carbons (Fsp3) is 0. The molecule has 0 aromatic heterocycles. The molecule has 4 aromatic rings. The van der Waals surface area contributed by atoms with Gasteiger partial charge in [0.15, 0.2) is 0 Å². The van der Waals surface area contributed by atoms with Crippen molar-refractivity contribution in [2.75, 3.05) is 5.73 Å². The monoisotopic (exact) mass is 312 g/mol. The molecule has 3 heteroatoms. The summed E-state index contributed by atoms with van der Waals surface area (Å²) in [5.74, 6) is 0.220. The van der Waals surface area contributed by atoms with Crippen molar-refractivity contribution < 1.29 is 5.11 Å². The number of hydrogen-bond donors (Lipinski definition) is 2. The lowest BCUT2D eigenvalue weighted by atomic mass is 10.0. The predicted octanol–water partition coefficient (Wildman–Crippen LogP) is 5.03. The number of nitrogens with two attached hydrogens (primary N) is 1. The molecule has 4 aromatic carbocycles. The zero-order valence-corrected chi connectivity index (χ0v) is 13.0. The molecule has 116 valence electrons. The lowest BCUT2D eigenvalue weighted by molar-refractivity contribution is 0.475. The normalized spacial score (nSPS) is 11.5. The third-order valence-electron chi connectivity index (χ3n) is 4.22. The molecule has 0 bridgehead atoms. The Kier molecular flexibility index (Phi) is 3.39. The second kappa shape index (κ2) is 5.70. The number of anilines is 1. The molecule has 0 aliphatic heterocycles. The van der Waals surface area contributed by atoms with Crippen LogP contribution in [0.3, 0.4) is 0 Å². The number of fused-ring (bicyclic) bond motifs is 2. The van der Waals surface area contributed by atoms with Crippen LogP contribution in [0.4, 0.5) is 11.4 Å². The molecule has 0 radical (unpaired) electrons. The van der Waals surface area contributed by atoms with Crippen molar-refractivity contribution in [1.29, 1.82) is 0 Å². The van der Waals surface area contributed by atoms with Crippen molar-refractivity contribution >= 4 is 39.1 Å². The molecular weight excluding hydrogens is 296 g/mol. The summed E-state index contributed by atoms with van der Waals surface area (Å²) in [6.07, 6.45) is 1.72. The fourth-order valence-corrected chi connectivity index (χ4v) is 2.97. The molecule has 0 saturated carbocycles. The van der Waals surface area contributed by atoms with Gasteiger partial charge in [-0.25, -0.2) is 0 Å². The second-order valence-corrected chi connectivity index (χ2v) is 5.70. The SMILES string of the molecule is Nc1ccc(/N=C/c2c(O)ccc3ccccc23)c2ccccc12. The van der Waals surface area contributed by atoms with Crippen LogP contribution >= 0.6 is 0 Å². The van der Waals surface area contributed by atoms with Gasteiger partial charge in [0.05, 0.1) is 5.69 Å². The van der Waals surface area contributed by atoms with Crippen molar-refractivity contribution in [2.24, 2.45) is 4.99 Å². The quantitative estimate of drug-likeness (QED) is 0.403. The van der Waals surface area contributed by atoms with Crippen LogP contribution in [0.2, 0.25) is 0 Å². The van der Waals surface area contributed by atoms with Gasteiger partial charge in [0.2, 0.25) is 0 Å². The van der Waals surface area contributed by atoms with Crippen LogP contribution in [0.5, 0.6) is 5.75 Å². The van der Waals surface area contributed by atoms with Gasteiger partial charge in [-0.3, -0.25) is 4.99 Å². The maximum Gasteiger partial charge on any atom is 0.124 e. The van der Waals surface area contributed by atoms with E-state index in [1.807, 2.05) is 66.7 Å². The standard InChI is InChI=1S/C21H16N2O/c22-19-10-11-20(17-8-4-3-7-16(17)19)23-13-18-15-6-2-1-5-14(15)9-12-21(18)24/h1-13,24H,22H2/b23-13+. The van der Waals surface area contributed by atoms with Crippen LogP contribution in [-0.2, 0) is 0 Å². The van der Waals surface area contributed by atoms with Gasteiger partial charge in [0.25, 0.3) is 0 Å². The molecule has 3 nitrogen and oxygen atoms in total. The fourth-order valence-electron chi connectivity index (χ4n) is 2.97. The molecule has 3 N–H and O–H groups in total. The van der Waals surface area contributed by atoms with Crippen molar-refractivity contribution in [2.45, 2.75) is 0 Å². The molecule has 0 aliphatic carbocycles. The van der Waals surface area contributed by atoms with E-state index in [0.717, 1.165) is 32.9 Å². The number of nitrogen functional groups attached to an aromatic ring is 1. The molecule has 0 unspecified atom stereocenters. The summed E-state index contributed by atoms with van der Waals surface area (Å²) in [7, 11) is 0. The molecule has 0 aliphatic rings. The van der Waals surface area contributed by atoms with E-state index >= 15 is 0 Å². The molecule has 0 spiro atoms. The van der Waals surface area contributed by atoms with Gasteiger partial charge in [-0.15, -0.1) is 0 Å². The number of hydrogen-bond acceptors (Lipinski definition) is 3. The van der Waals surface area contributed by atoms with Gasteiger partial charge in [-0.1, -0.05) is 54.6 Å². The van der Waals surface area contributed by atoms with Gasteiger partial charge in [-0.05, 0) is 29.0 Å². The second-order valence-electron chi connectivity index (χ2n) is 5.70. The Morgan fingerprint density at radius 1 is 0.750 bits per heavy atom. The Labute approximate surface area is 139 Å². The molecule has 0 fully saturated rings. The van der Waals surface area contributed by atoms with Crippen LogP contribution in [0, 0.1) is 0 Å². The van der Waals surface area contributed by atoms with Crippen LogP contribution in [0.25, 0.3) is 21.5 Å². The van der Waals surface area contributed by atoms with Crippen LogP contribution in [0.15, 0.2) is 77.8 Å². The Balaban J connectivity index is 1.88. The zero-order valence-electron chi connectivity index (χ0n) is 13.0. The average Bonchev–Trinajstić information content (AvgIpc) is 2.63. The predicted molar refractivity (Wildman–Crippen MR) is 101 cm³/mol. The molecule has 24 heavy (non-hydrogen) atoms. The highest BCUT2D eigenvalue weighted by Crippen LogP contribution is 2.31. The molecule has 4 rings (SSSR count). The van der Waals surface area contributed by atoms with Crippen molar-refractivity contribution in [3.8, 4) is 5.75 Å². The first-order valence-electron chi connectivity index (χ1n) is 7.76. The summed E-state index contributed by atoms with van der Waals surface area (Å²) in [6, 6.07) is 23.2. The van der Waals surface area contributed by atoms with Crippen molar-refractivity contribution in [1.82, 2.24) is 0 Å². The van der Waals surface area contributed by atoms with Crippen molar-refractivity contribution in [3.63, 3.8) is 0 Å². The minimum absolute atomic E-state index is 0.220. The first-order chi connectivity index (χ1) is 11.7. The van der Waals surface area contributed by atoms with Crippen LogP contribution < -0.4 is 5.73 Å². The van der Waals surface area contributed by atoms with E-state index in [-0.39, 0.29) is 5.75 Å². The van der Waals surface area contributed by atoms with Gasteiger partial charge >= 0.3 is 0 Å². The molecule has 0 heterocycles. The number of nitrogens with zero attached hydrogens (tertiary/aromatic N) is 1. The first-order valence-corrected chi connectivity index (χ1v) is 7.76. The van der Waals surface area contributed by atoms with E-state index in [1.54, 1.807) is 12.3 Å². The Hall–Kier alpha value is -3.33. The van der Waals surface area contributed by atoms with Crippen LogP contribution in [0.1, 0.15) is 5.56 Å². The lowest BCUT2D eigenvalue weighted by Gasteiger charge is -2.07. The highest BCUT2D eigenvalue weighted by atomic mass is 16.3. The summed E-state index contributed by atoms with van der Waals surface area (Å²) >= 11 is 0. The minimum Gasteiger partial charge on any atom is -0.507 e. The smallest absolute Gasteiger partial charge is 0.124 e. The maximum absolute atomic E-state index is 10.2. The average molecular weight is 312 g/mol. The minimum atomic E-state index is 0.220. The van der Waals surface area contributed by atoms with Gasteiger partial charge in [0, 0.05) is 28.2 Å². The van der Waals surface area contributed by atoms with Gasteiger partial charge in [0.1, 0.15) is 5.75 Å². The number of aromatic hydroxyl groups is 1. The molecule has 0 saturated heterocycles. The van der Waals surface area contributed by atoms with E-state index in [9.17, 15) is 5.11 Å². The molecular formula is C21H16N2O. The number of phenolic OH excluding ortho intramolecular Hbond substituents is 1. The Morgan fingerprint density at radius 3 is 2.29 bits per heavy atom. The van der Waals surface area contributed by atoms with Gasteiger partial charge in [-0.2, -0.15) is 0 Å². The van der Waals surface area contributed by atoms with E-state index in [0.29, 0.717) is 5.56 Å². The summed E-state index contributed by atoms with van der Waals surface area (Å²) < 4.78 is 0. The third kappa shape index (κ3) is 2.36. The largest absolute Gasteiger partial charge is 0.507 e. The Morgan fingerprint density at radius 2 is 1.46 bits per heavy atom. The van der Waals surface area contributed by atoms with E-state index in [4.69, 9.17) is 5.73 Å². The van der Waals surface area contributed by atoms with E-state index in [1.165, 1.54) is 0 Å². The highest BCUT2D eigenvalue weighted by molar-refractivity contribution is 6.05.